The van der Waals surface area contributed by atoms with Crippen LogP contribution in [0.15, 0.2) is 34.9 Å². The van der Waals surface area contributed by atoms with E-state index in [1.54, 1.807) is 13.0 Å². The van der Waals surface area contributed by atoms with Crippen molar-refractivity contribution in [2.75, 3.05) is 11.9 Å². The number of fused-ring (bicyclic) bond motifs is 1. The number of nitrogens with one attached hydrogen (secondary N) is 1. The van der Waals surface area contributed by atoms with Crippen LogP contribution in [0.2, 0.25) is 0 Å². The molecule has 2 amide bonds. The Morgan fingerprint density at radius 3 is 2.57 bits per heavy atom. The predicted molar refractivity (Wildman–Crippen MR) is 115 cm³/mol. The van der Waals surface area contributed by atoms with Crippen molar-refractivity contribution in [3.63, 3.8) is 0 Å². The molecule has 4 rings (SSSR count). The molecule has 0 fully saturated rings. The SMILES string of the molecule is Cc1cc(C(=O)Nc2nc3c(s2)CN(C(=O)c2ccc(C(C)(C)C)cc2)CC3)no1. The molecule has 30 heavy (non-hydrogen) atoms. The fourth-order valence-electron chi connectivity index (χ4n) is 3.35. The quantitative estimate of drug-likeness (QED) is 0.681. The molecule has 0 saturated heterocycles. The highest BCUT2D eigenvalue weighted by atomic mass is 32.1. The highest BCUT2D eigenvalue weighted by Crippen LogP contribution is 2.30. The molecule has 1 aromatic carbocycles. The summed E-state index contributed by atoms with van der Waals surface area (Å²) in [6, 6.07) is 9.42. The second kappa shape index (κ2) is 7.68. The number of amides is 2. The third-order valence-electron chi connectivity index (χ3n) is 5.10. The smallest absolute Gasteiger partial charge is 0.279 e. The van der Waals surface area contributed by atoms with E-state index in [-0.39, 0.29) is 22.9 Å². The number of benzene rings is 1. The van der Waals surface area contributed by atoms with Crippen molar-refractivity contribution in [1.82, 2.24) is 15.0 Å². The number of thiazole rings is 1. The Hall–Kier alpha value is -3.00. The van der Waals surface area contributed by atoms with E-state index < -0.39 is 0 Å². The van der Waals surface area contributed by atoms with E-state index in [2.05, 4.69) is 36.2 Å². The molecule has 0 spiro atoms. The summed E-state index contributed by atoms with van der Waals surface area (Å²) >= 11 is 1.39. The third-order valence-corrected chi connectivity index (χ3v) is 6.10. The Balaban J connectivity index is 1.44. The van der Waals surface area contributed by atoms with Crippen LogP contribution in [0.5, 0.6) is 0 Å². The molecule has 0 bridgehead atoms. The van der Waals surface area contributed by atoms with Gasteiger partial charge in [0, 0.05) is 29.5 Å². The zero-order valence-corrected chi connectivity index (χ0v) is 18.3. The van der Waals surface area contributed by atoms with Gasteiger partial charge in [0.15, 0.2) is 10.8 Å². The molecule has 1 N–H and O–H groups in total. The van der Waals surface area contributed by atoms with Crippen LogP contribution in [0, 0.1) is 6.92 Å². The van der Waals surface area contributed by atoms with E-state index in [9.17, 15) is 9.59 Å². The van der Waals surface area contributed by atoms with Crippen molar-refractivity contribution in [2.24, 2.45) is 0 Å². The molecule has 0 atom stereocenters. The number of anilines is 1. The molecule has 0 saturated carbocycles. The summed E-state index contributed by atoms with van der Waals surface area (Å²) in [4.78, 5) is 32.6. The van der Waals surface area contributed by atoms with Gasteiger partial charge >= 0.3 is 0 Å². The monoisotopic (exact) mass is 424 g/mol. The minimum atomic E-state index is -0.357. The second-order valence-corrected chi connectivity index (χ2v) is 9.55. The number of aryl methyl sites for hydroxylation is 1. The van der Waals surface area contributed by atoms with Crippen LogP contribution >= 0.6 is 11.3 Å². The normalized spacial score (nSPS) is 13.8. The van der Waals surface area contributed by atoms with Gasteiger partial charge in [0.2, 0.25) is 0 Å². The van der Waals surface area contributed by atoms with Crippen LogP contribution in [0.3, 0.4) is 0 Å². The van der Waals surface area contributed by atoms with Crippen LogP contribution in [0.25, 0.3) is 0 Å². The van der Waals surface area contributed by atoms with Gasteiger partial charge in [-0.3, -0.25) is 14.9 Å². The molecule has 0 aliphatic carbocycles. The number of hydrogen-bond acceptors (Lipinski definition) is 6. The lowest BCUT2D eigenvalue weighted by molar-refractivity contribution is 0.0736. The minimum Gasteiger partial charge on any atom is -0.361 e. The molecule has 3 heterocycles. The van der Waals surface area contributed by atoms with E-state index in [1.807, 2.05) is 29.2 Å². The van der Waals surface area contributed by atoms with Gasteiger partial charge in [-0.05, 0) is 30.0 Å². The van der Waals surface area contributed by atoms with Crippen molar-refractivity contribution in [1.29, 1.82) is 0 Å². The van der Waals surface area contributed by atoms with Gasteiger partial charge in [0.25, 0.3) is 11.8 Å². The zero-order valence-electron chi connectivity index (χ0n) is 17.5. The van der Waals surface area contributed by atoms with E-state index in [0.29, 0.717) is 36.0 Å². The zero-order chi connectivity index (χ0) is 21.5. The maximum atomic E-state index is 13.0. The topological polar surface area (TPSA) is 88.3 Å². The van der Waals surface area contributed by atoms with Crippen LogP contribution < -0.4 is 5.32 Å². The van der Waals surface area contributed by atoms with Crippen molar-refractivity contribution in [3.05, 3.63) is 63.5 Å². The summed E-state index contributed by atoms with van der Waals surface area (Å²) in [7, 11) is 0. The van der Waals surface area contributed by atoms with Crippen LogP contribution in [-0.2, 0) is 18.4 Å². The molecular weight excluding hydrogens is 400 g/mol. The van der Waals surface area contributed by atoms with Crippen LogP contribution in [0.4, 0.5) is 5.13 Å². The molecule has 0 radical (unpaired) electrons. The van der Waals surface area contributed by atoms with Crippen molar-refractivity contribution in [2.45, 2.75) is 46.1 Å². The molecular formula is C22H24N4O3S. The number of aromatic nitrogens is 2. The van der Waals surface area contributed by atoms with E-state index in [4.69, 9.17) is 4.52 Å². The molecule has 3 aromatic rings. The van der Waals surface area contributed by atoms with Gasteiger partial charge in [-0.25, -0.2) is 4.98 Å². The lowest BCUT2D eigenvalue weighted by Gasteiger charge is -2.26. The maximum absolute atomic E-state index is 13.0. The molecule has 7 nitrogen and oxygen atoms in total. The van der Waals surface area contributed by atoms with E-state index >= 15 is 0 Å². The average molecular weight is 425 g/mol. The van der Waals surface area contributed by atoms with Crippen molar-refractivity contribution in [3.8, 4) is 0 Å². The first-order chi connectivity index (χ1) is 14.2. The molecule has 1 aliphatic heterocycles. The highest BCUT2D eigenvalue weighted by molar-refractivity contribution is 7.15. The van der Waals surface area contributed by atoms with Gasteiger partial charge in [0.1, 0.15) is 5.76 Å². The molecule has 156 valence electrons. The van der Waals surface area contributed by atoms with Crippen molar-refractivity contribution >= 4 is 28.3 Å². The van der Waals surface area contributed by atoms with E-state index in [1.165, 1.54) is 16.9 Å². The first-order valence-corrected chi connectivity index (χ1v) is 10.7. The Morgan fingerprint density at radius 1 is 1.20 bits per heavy atom. The van der Waals surface area contributed by atoms with E-state index in [0.717, 1.165) is 10.6 Å². The van der Waals surface area contributed by atoms with Gasteiger partial charge < -0.3 is 9.42 Å². The summed E-state index contributed by atoms with van der Waals surface area (Å²) < 4.78 is 4.94. The first-order valence-electron chi connectivity index (χ1n) is 9.84. The maximum Gasteiger partial charge on any atom is 0.279 e. The lowest BCUT2D eigenvalue weighted by Crippen LogP contribution is -2.35. The average Bonchev–Trinajstić information content (AvgIpc) is 3.31. The van der Waals surface area contributed by atoms with Crippen LogP contribution in [-0.4, -0.2) is 33.4 Å². The Labute approximate surface area is 179 Å². The number of rotatable bonds is 3. The highest BCUT2D eigenvalue weighted by Gasteiger charge is 2.26. The molecule has 0 unspecified atom stereocenters. The largest absolute Gasteiger partial charge is 0.361 e. The summed E-state index contributed by atoms with van der Waals surface area (Å²) in [5, 5.41) is 7.00. The van der Waals surface area contributed by atoms with Gasteiger partial charge in [-0.2, -0.15) is 0 Å². The summed E-state index contributed by atoms with van der Waals surface area (Å²) in [6.07, 6.45) is 0.663. The van der Waals surface area contributed by atoms with Gasteiger partial charge in [-0.1, -0.05) is 49.4 Å². The fraction of sp³-hybridized carbons (Fsp3) is 0.364. The summed E-state index contributed by atoms with van der Waals surface area (Å²) in [6.45, 7) is 9.28. The second-order valence-electron chi connectivity index (χ2n) is 8.47. The third kappa shape index (κ3) is 4.14. The Bertz CT molecular complexity index is 1090. The molecule has 2 aromatic heterocycles. The number of carbonyl (C=O) groups excluding carboxylic acids is 2. The molecule has 1 aliphatic rings. The van der Waals surface area contributed by atoms with Gasteiger partial charge in [0.05, 0.1) is 12.2 Å². The number of hydrogen-bond donors (Lipinski definition) is 1. The molecule has 8 heteroatoms. The predicted octanol–water partition coefficient (Wildman–Crippen LogP) is 4.19. The summed E-state index contributed by atoms with van der Waals surface area (Å²) in [5.74, 6) is 0.228. The van der Waals surface area contributed by atoms with Gasteiger partial charge in [-0.15, -0.1) is 0 Å². The fourth-order valence-corrected chi connectivity index (χ4v) is 4.37. The number of carbonyl (C=O) groups is 2. The Kier molecular flexibility index (Phi) is 5.19. The lowest BCUT2D eigenvalue weighted by atomic mass is 9.86. The minimum absolute atomic E-state index is 0.0122. The number of nitrogens with zero attached hydrogens (tertiary/aromatic N) is 3. The summed E-state index contributed by atoms with van der Waals surface area (Å²) in [5.41, 5.74) is 3.08. The first kappa shape index (κ1) is 20.3. The standard InChI is InChI=1S/C22H24N4O3S/c1-13-11-17(25-29-13)19(27)24-21-23-16-9-10-26(12-18(16)30-21)20(28)14-5-7-15(8-6-14)22(2,3)4/h5-8,11H,9-10,12H2,1-4H3,(H,23,24,27). The Morgan fingerprint density at radius 2 is 1.93 bits per heavy atom. The van der Waals surface area contributed by atoms with Crippen LogP contribution in [0.1, 0.15) is 63.5 Å². The van der Waals surface area contributed by atoms with Crippen molar-refractivity contribution < 1.29 is 14.1 Å².